The fraction of sp³-hybridized carbons (Fsp3) is 0.286. The molecule has 0 aliphatic carbocycles. The lowest BCUT2D eigenvalue weighted by molar-refractivity contribution is 0.350. The van der Waals surface area contributed by atoms with Crippen LogP contribution in [-0.4, -0.2) is 30.9 Å². The second-order valence-corrected chi connectivity index (χ2v) is 4.74. The molecule has 0 amide bonds. The van der Waals surface area contributed by atoms with E-state index in [1.54, 1.807) is 12.4 Å². The molecule has 1 N–H and O–H groups in total. The van der Waals surface area contributed by atoms with E-state index in [0.717, 1.165) is 6.54 Å². The Morgan fingerprint density at radius 3 is 3.00 bits per heavy atom. The van der Waals surface area contributed by atoms with Crippen LogP contribution in [0.15, 0.2) is 47.4 Å². The maximum atomic E-state index is 5.22. The number of pyridine rings is 1. The van der Waals surface area contributed by atoms with E-state index in [0.29, 0.717) is 24.0 Å². The van der Waals surface area contributed by atoms with E-state index in [1.165, 1.54) is 0 Å². The topological polar surface area (TPSA) is 81.7 Å². The Bertz CT molecular complexity index is 664. The standard InChI is InChI=1S/C14H16N6O/c1-11(10-20-8-4-7-17-20)16-9-13-18-14(19-21-13)12-5-2-3-6-15-12/h2-8,11,16H,9-10H2,1H3/t11-/m0/s1. The summed E-state index contributed by atoms with van der Waals surface area (Å²) in [5.74, 6) is 1.05. The van der Waals surface area contributed by atoms with Crippen LogP contribution in [-0.2, 0) is 13.1 Å². The van der Waals surface area contributed by atoms with E-state index < -0.39 is 0 Å². The fourth-order valence-electron chi connectivity index (χ4n) is 1.94. The van der Waals surface area contributed by atoms with E-state index in [4.69, 9.17) is 4.52 Å². The lowest BCUT2D eigenvalue weighted by Gasteiger charge is -2.11. The number of rotatable bonds is 6. The Balaban J connectivity index is 1.55. The van der Waals surface area contributed by atoms with E-state index in [2.05, 4.69) is 32.5 Å². The molecule has 7 nitrogen and oxygen atoms in total. The number of hydrogen-bond donors (Lipinski definition) is 1. The normalized spacial score (nSPS) is 12.4. The summed E-state index contributed by atoms with van der Waals surface area (Å²) >= 11 is 0. The van der Waals surface area contributed by atoms with Crippen molar-refractivity contribution in [1.82, 2.24) is 30.2 Å². The summed E-state index contributed by atoms with van der Waals surface area (Å²) in [6, 6.07) is 7.74. The van der Waals surface area contributed by atoms with Gasteiger partial charge in [0.25, 0.3) is 0 Å². The Morgan fingerprint density at radius 2 is 2.24 bits per heavy atom. The van der Waals surface area contributed by atoms with Crippen molar-refractivity contribution in [3.63, 3.8) is 0 Å². The van der Waals surface area contributed by atoms with Crippen LogP contribution < -0.4 is 5.32 Å². The molecule has 0 aliphatic rings. The first-order valence-electron chi connectivity index (χ1n) is 6.76. The quantitative estimate of drug-likeness (QED) is 0.739. The molecule has 0 fully saturated rings. The van der Waals surface area contributed by atoms with Gasteiger partial charge >= 0.3 is 0 Å². The van der Waals surface area contributed by atoms with Crippen LogP contribution in [0.4, 0.5) is 0 Å². The van der Waals surface area contributed by atoms with Gasteiger partial charge in [0.15, 0.2) is 0 Å². The zero-order valence-electron chi connectivity index (χ0n) is 11.7. The summed E-state index contributed by atoms with van der Waals surface area (Å²) in [5.41, 5.74) is 0.706. The molecular formula is C14H16N6O. The van der Waals surface area contributed by atoms with Gasteiger partial charge in [-0.1, -0.05) is 11.2 Å². The molecule has 3 aromatic rings. The van der Waals surface area contributed by atoms with Gasteiger partial charge in [0.1, 0.15) is 5.69 Å². The molecule has 7 heteroatoms. The molecule has 0 saturated heterocycles. The van der Waals surface area contributed by atoms with Gasteiger partial charge in [-0.05, 0) is 25.1 Å². The van der Waals surface area contributed by atoms with Gasteiger partial charge in [-0.2, -0.15) is 10.1 Å². The predicted molar refractivity (Wildman–Crippen MR) is 76.1 cm³/mol. The highest BCUT2D eigenvalue weighted by Gasteiger charge is 2.10. The lowest BCUT2D eigenvalue weighted by Crippen LogP contribution is -2.30. The van der Waals surface area contributed by atoms with Crippen LogP contribution in [0.5, 0.6) is 0 Å². The Labute approximate surface area is 122 Å². The minimum absolute atomic E-state index is 0.245. The van der Waals surface area contributed by atoms with Crippen LogP contribution >= 0.6 is 0 Å². The highest BCUT2D eigenvalue weighted by Crippen LogP contribution is 2.11. The van der Waals surface area contributed by atoms with Gasteiger partial charge < -0.3 is 9.84 Å². The molecule has 1 atom stereocenters. The summed E-state index contributed by atoms with van der Waals surface area (Å²) < 4.78 is 7.10. The van der Waals surface area contributed by atoms with Crippen LogP contribution in [0.2, 0.25) is 0 Å². The summed E-state index contributed by atoms with van der Waals surface area (Å²) in [7, 11) is 0. The van der Waals surface area contributed by atoms with Crippen molar-refractivity contribution in [3.05, 3.63) is 48.7 Å². The molecule has 0 aromatic carbocycles. The number of nitrogens with one attached hydrogen (secondary N) is 1. The molecule has 3 aromatic heterocycles. The molecule has 0 spiro atoms. The van der Waals surface area contributed by atoms with Crippen LogP contribution in [0.25, 0.3) is 11.5 Å². The van der Waals surface area contributed by atoms with Gasteiger partial charge in [0, 0.05) is 24.6 Å². The van der Waals surface area contributed by atoms with E-state index in [9.17, 15) is 0 Å². The highest BCUT2D eigenvalue weighted by molar-refractivity contribution is 5.46. The third kappa shape index (κ3) is 3.51. The summed E-state index contributed by atoms with van der Waals surface area (Å²) in [6.07, 6.45) is 5.41. The zero-order valence-corrected chi connectivity index (χ0v) is 11.7. The second-order valence-electron chi connectivity index (χ2n) is 4.74. The smallest absolute Gasteiger partial charge is 0.240 e. The fourth-order valence-corrected chi connectivity index (χ4v) is 1.94. The highest BCUT2D eigenvalue weighted by atomic mass is 16.5. The maximum Gasteiger partial charge on any atom is 0.240 e. The van der Waals surface area contributed by atoms with Crippen molar-refractivity contribution < 1.29 is 4.52 Å². The molecule has 0 aliphatic heterocycles. The van der Waals surface area contributed by atoms with Gasteiger partial charge in [0.05, 0.1) is 13.1 Å². The zero-order chi connectivity index (χ0) is 14.5. The third-order valence-electron chi connectivity index (χ3n) is 2.98. The molecule has 0 saturated carbocycles. The SMILES string of the molecule is C[C@@H](Cn1cccn1)NCc1nc(-c2ccccn2)no1. The predicted octanol–water partition coefficient (Wildman–Crippen LogP) is 1.51. The first-order valence-corrected chi connectivity index (χ1v) is 6.76. The number of aromatic nitrogens is 5. The summed E-state index contributed by atoms with van der Waals surface area (Å²) in [6.45, 7) is 3.38. The molecule has 3 rings (SSSR count). The molecule has 0 radical (unpaired) electrons. The van der Waals surface area contributed by atoms with Gasteiger partial charge in [-0.25, -0.2) is 0 Å². The average molecular weight is 284 g/mol. The molecule has 0 unspecified atom stereocenters. The minimum atomic E-state index is 0.245. The van der Waals surface area contributed by atoms with Crippen molar-refractivity contribution in [1.29, 1.82) is 0 Å². The summed E-state index contributed by atoms with van der Waals surface area (Å²) in [4.78, 5) is 8.51. The lowest BCUT2D eigenvalue weighted by atomic mass is 10.3. The van der Waals surface area contributed by atoms with Crippen molar-refractivity contribution >= 4 is 0 Å². The largest absolute Gasteiger partial charge is 0.337 e. The molecule has 108 valence electrons. The minimum Gasteiger partial charge on any atom is -0.337 e. The first-order chi connectivity index (χ1) is 10.3. The Morgan fingerprint density at radius 1 is 1.29 bits per heavy atom. The molecular weight excluding hydrogens is 268 g/mol. The van der Waals surface area contributed by atoms with Crippen LogP contribution in [0, 0.1) is 0 Å². The molecule has 21 heavy (non-hydrogen) atoms. The maximum absolute atomic E-state index is 5.22. The number of hydrogen-bond acceptors (Lipinski definition) is 6. The Hall–Kier alpha value is -2.54. The van der Waals surface area contributed by atoms with Crippen molar-refractivity contribution in [3.8, 4) is 11.5 Å². The van der Waals surface area contributed by atoms with Crippen LogP contribution in [0.1, 0.15) is 12.8 Å². The van der Waals surface area contributed by atoms with Gasteiger partial charge in [-0.15, -0.1) is 0 Å². The van der Waals surface area contributed by atoms with E-state index >= 15 is 0 Å². The average Bonchev–Trinajstić information content (AvgIpc) is 3.17. The summed E-state index contributed by atoms with van der Waals surface area (Å²) in [5, 5.41) is 11.4. The van der Waals surface area contributed by atoms with Crippen molar-refractivity contribution in [2.45, 2.75) is 26.1 Å². The van der Waals surface area contributed by atoms with Crippen molar-refractivity contribution in [2.75, 3.05) is 0 Å². The third-order valence-corrected chi connectivity index (χ3v) is 2.98. The van der Waals surface area contributed by atoms with E-state index in [1.807, 2.05) is 35.1 Å². The van der Waals surface area contributed by atoms with Gasteiger partial charge in [0.2, 0.25) is 11.7 Å². The van der Waals surface area contributed by atoms with E-state index in [-0.39, 0.29) is 6.04 Å². The Kier molecular flexibility index (Phi) is 4.02. The first kappa shape index (κ1) is 13.4. The van der Waals surface area contributed by atoms with Crippen LogP contribution in [0.3, 0.4) is 0 Å². The number of nitrogens with zero attached hydrogens (tertiary/aromatic N) is 5. The monoisotopic (exact) mass is 284 g/mol. The molecule has 0 bridgehead atoms. The second kappa shape index (κ2) is 6.27. The van der Waals surface area contributed by atoms with Gasteiger partial charge in [-0.3, -0.25) is 9.67 Å². The molecule has 3 heterocycles. The van der Waals surface area contributed by atoms with Crippen molar-refractivity contribution in [2.24, 2.45) is 0 Å².